The number of nitrogens with zero attached hydrogens (tertiary/aromatic N) is 5. The van der Waals surface area contributed by atoms with E-state index in [2.05, 4.69) is 34.0 Å². The van der Waals surface area contributed by atoms with Gasteiger partial charge in [0.1, 0.15) is 5.82 Å². The minimum absolute atomic E-state index is 0.104. The van der Waals surface area contributed by atoms with Crippen LogP contribution in [0.25, 0.3) is 5.57 Å². The number of carbonyl (C=O) groups excluding carboxylic acids is 1. The molecule has 3 rings (SSSR count). The molecule has 30 heavy (non-hydrogen) atoms. The van der Waals surface area contributed by atoms with Gasteiger partial charge in [-0.2, -0.15) is 10.2 Å². The molecule has 4 N–H and O–H groups in total. The summed E-state index contributed by atoms with van der Waals surface area (Å²) in [4.78, 5) is 15.7. The number of hydrogen-bond acceptors (Lipinski definition) is 7. The molecule has 0 radical (unpaired) electrons. The number of aldehydes is 1. The van der Waals surface area contributed by atoms with Crippen LogP contribution in [0.4, 0.5) is 11.6 Å². The van der Waals surface area contributed by atoms with Crippen LogP contribution < -0.4 is 10.6 Å². The van der Waals surface area contributed by atoms with Crippen molar-refractivity contribution in [3.05, 3.63) is 29.2 Å². The first-order valence-electron chi connectivity index (χ1n) is 10.5. The molecule has 0 aliphatic carbocycles. The molecule has 0 spiro atoms. The lowest BCUT2D eigenvalue weighted by atomic mass is 10.1. The van der Waals surface area contributed by atoms with Gasteiger partial charge in [0.15, 0.2) is 12.1 Å². The second kappa shape index (κ2) is 10.8. The second-order valence-corrected chi connectivity index (χ2v) is 7.52. The molecule has 0 amide bonds. The molecule has 1 aliphatic heterocycles. The SMILES string of the molecule is CCC.CCN(C)/C=C(/c1cc(N2CCCC2CO)n(C)n1)c1[nH]nc(N)c1C=O. The molecule has 2 aromatic heterocycles. The Balaban J connectivity index is 0.00000101. The molecule has 3 heterocycles. The Labute approximate surface area is 178 Å². The monoisotopic (exact) mass is 417 g/mol. The van der Waals surface area contributed by atoms with Gasteiger partial charge in [-0.25, -0.2) is 0 Å². The predicted molar refractivity (Wildman–Crippen MR) is 120 cm³/mol. The Kier molecular flexibility index (Phi) is 8.46. The predicted octanol–water partition coefficient (Wildman–Crippen LogP) is 2.26. The van der Waals surface area contributed by atoms with Crippen molar-refractivity contribution in [1.29, 1.82) is 0 Å². The maximum absolute atomic E-state index is 11.5. The van der Waals surface area contributed by atoms with E-state index < -0.39 is 0 Å². The Morgan fingerprint density at radius 2 is 2.13 bits per heavy atom. The first-order chi connectivity index (χ1) is 14.4. The van der Waals surface area contributed by atoms with Crippen LogP contribution in [0.5, 0.6) is 0 Å². The standard InChI is InChI=1S/C18H27N7O2.C3H8/c1-4-23(2)9-13(17-14(11-27)18(19)21-20-17)15-8-16(24(3)22-15)25-7-5-6-12(25)10-26;1-3-2/h8-9,11-12,26H,4-7,10H2,1-3H3,(H3,19,20,21);3H2,1-2H3/b13-9-;. The summed E-state index contributed by atoms with van der Waals surface area (Å²) in [6, 6.07) is 2.09. The van der Waals surface area contributed by atoms with Gasteiger partial charge in [-0.3, -0.25) is 14.6 Å². The minimum atomic E-state index is 0.104. The molecule has 1 fully saturated rings. The van der Waals surface area contributed by atoms with Crippen molar-refractivity contribution in [2.24, 2.45) is 7.05 Å². The fourth-order valence-corrected chi connectivity index (χ4v) is 3.44. The first kappa shape index (κ1) is 23.5. The van der Waals surface area contributed by atoms with Gasteiger partial charge in [0.2, 0.25) is 0 Å². The highest BCUT2D eigenvalue weighted by Gasteiger charge is 2.28. The highest BCUT2D eigenvalue weighted by molar-refractivity contribution is 5.92. The fourth-order valence-electron chi connectivity index (χ4n) is 3.44. The zero-order chi connectivity index (χ0) is 22.3. The fraction of sp³-hybridized carbons (Fsp3) is 0.571. The number of aryl methyl sites for hydroxylation is 1. The number of H-pyrrole nitrogens is 1. The van der Waals surface area contributed by atoms with Gasteiger partial charge in [0, 0.05) is 45.0 Å². The van der Waals surface area contributed by atoms with Crippen molar-refractivity contribution in [1.82, 2.24) is 24.9 Å². The highest BCUT2D eigenvalue weighted by atomic mass is 16.3. The van der Waals surface area contributed by atoms with Crippen molar-refractivity contribution in [2.75, 3.05) is 37.4 Å². The van der Waals surface area contributed by atoms with Crippen LogP contribution in [0.3, 0.4) is 0 Å². The first-order valence-corrected chi connectivity index (χ1v) is 10.5. The number of rotatable bonds is 7. The highest BCUT2D eigenvalue weighted by Crippen LogP contribution is 2.31. The third-order valence-corrected chi connectivity index (χ3v) is 5.08. The maximum Gasteiger partial charge on any atom is 0.156 e. The van der Waals surface area contributed by atoms with E-state index in [0.717, 1.165) is 37.3 Å². The number of anilines is 2. The molecular weight excluding hydrogens is 382 g/mol. The second-order valence-electron chi connectivity index (χ2n) is 7.52. The zero-order valence-corrected chi connectivity index (χ0v) is 18.7. The number of nitrogen functional groups attached to an aromatic ring is 1. The Morgan fingerprint density at radius 3 is 2.73 bits per heavy atom. The van der Waals surface area contributed by atoms with Crippen LogP contribution >= 0.6 is 0 Å². The van der Waals surface area contributed by atoms with Gasteiger partial charge < -0.3 is 20.6 Å². The van der Waals surface area contributed by atoms with Gasteiger partial charge in [-0.05, 0) is 19.8 Å². The normalized spacial score (nSPS) is 16.4. The van der Waals surface area contributed by atoms with Gasteiger partial charge >= 0.3 is 0 Å². The summed E-state index contributed by atoms with van der Waals surface area (Å²) >= 11 is 0. The number of nitrogens with one attached hydrogen (secondary N) is 1. The minimum Gasteiger partial charge on any atom is -0.394 e. The van der Waals surface area contributed by atoms with Gasteiger partial charge in [-0.15, -0.1) is 0 Å². The number of aromatic nitrogens is 4. The zero-order valence-electron chi connectivity index (χ0n) is 18.7. The quantitative estimate of drug-likeness (QED) is 0.592. The molecule has 1 aliphatic rings. The average Bonchev–Trinajstić information content (AvgIpc) is 3.44. The molecular formula is C21H35N7O2. The Morgan fingerprint density at radius 1 is 1.43 bits per heavy atom. The third kappa shape index (κ3) is 5.02. The molecule has 1 atom stereocenters. The Bertz CT molecular complexity index is 856. The molecule has 166 valence electrons. The molecule has 9 nitrogen and oxygen atoms in total. The van der Waals surface area contributed by atoms with Gasteiger partial charge in [0.25, 0.3) is 0 Å². The van der Waals surface area contributed by atoms with E-state index in [0.29, 0.717) is 23.2 Å². The summed E-state index contributed by atoms with van der Waals surface area (Å²) in [5.74, 6) is 1.10. The lowest BCUT2D eigenvalue weighted by Crippen LogP contribution is -2.33. The number of aromatic amines is 1. The summed E-state index contributed by atoms with van der Waals surface area (Å²) < 4.78 is 1.81. The number of nitrogens with two attached hydrogens (primary N) is 1. The number of aliphatic hydroxyl groups is 1. The van der Waals surface area contributed by atoms with Crippen LogP contribution in [0, 0.1) is 0 Å². The van der Waals surface area contributed by atoms with Crippen LogP contribution in [0.2, 0.25) is 0 Å². The third-order valence-electron chi connectivity index (χ3n) is 5.08. The largest absolute Gasteiger partial charge is 0.394 e. The molecule has 0 bridgehead atoms. The van der Waals surface area contributed by atoms with E-state index >= 15 is 0 Å². The molecule has 0 aromatic carbocycles. The lowest BCUT2D eigenvalue weighted by Gasteiger charge is -2.24. The van der Waals surface area contributed by atoms with E-state index in [1.54, 1.807) is 0 Å². The lowest BCUT2D eigenvalue weighted by molar-refractivity contribution is 0.112. The van der Waals surface area contributed by atoms with Crippen LogP contribution in [0.1, 0.15) is 61.8 Å². The smallest absolute Gasteiger partial charge is 0.156 e. The van der Waals surface area contributed by atoms with Gasteiger partial charge in [0.05, 0.1) is 29.6 Å². The van der Waals surface area contributed by atoms with E-state index in [1.807, 2.05) is 42.9 Å². The summed E-state index contributed by atoms with van der Waals surface area (Å²) in [5, 5.41) is 21.2. The average molecular weight is 418 g/mol. The van der Waals surface area contributed by atoms with Crippen molar-refractivity contribution < 1.29 is 9.90 Å². The van der Waals surface area contributed by atoms with Crippen molar-refractivity contribution in [3.8, 4) is 0 Å². The molecule has 1 saturated heterocycles. The van der Waals surface area contributed by atoms with Crippen LogP contribution in [0.15, 0.2) is 12.3 Å². The van der Waals surface area contributed by atoms with Crippen molar-refractivity contribution in [3.63, 3.8) is 0 Å². The summed E-state index contributed by atoms with van der Waals surface area (Å²) in [5.41, 5.74) is 8.15. The van der Waals surface area contributed by atoms with E-state index in [4.69, 9.17) is 5.73 Å². The summed E-state index contributed by atoms with van der Waals surface area (Å²) in [7, 11) is 3.83. The van der Waals surface area contributed by atoms with E-state index in [9.17, 15) is 9.90 Å². The van der Waals surface area contributed by atoms with Crippen molar-refractivity contribution in [2.45, 2.75) is 46.1 Å². The van der Waals surface area contributed by atoms with Crippen molar-refractivity contribution >= 4 is 23.5 Å². The van der Waals surface area contributed by atoms with Crippen LogP contribution in [-0.2, 0) is 7.05 Å². The van der Waals surface area contributed by atoms with Gasteiger partial charge in [-0.1, -0.05) is 20.3 Å². The number of hydrogen-bond donors (Lipinski definition) is 3. The van der Waals surface area contributed by atoms with E-state index in [1.165, 1.54) is 6.42 Å². The van der Waals surface area contributed by atoms with Crippen LogP contribution in [-0.4, -0.2) is 69.1 Å². The topological polar surface area (TPSA) is 116 Å². The van der Waals surface area contributed by atoms with E-state index in [-0.39, 0.29) is 18.5 Å². The summed E-state index contributed by atoms with van der Waals surface area (Å²) in [6.07, 6.45) is 5.89. The molecule has 9 heteroatoms. The Hall–Kier alpha value is -2.81. The number of aliphatic hydroxyl groups excluding tert-OH is 1. The molecule has 1 unspecified atom stereocenters. The maximum atomic E-state index is 11.5. The molecule has 0 saturated carbocycles. The molecule has 2 aromatic rings. The number of carbonyl (C=O) groups is 1. The summed E-state index contributed by atoms with van der Waals surface area (Å²) in [6.45, 7) is 8.08.